The van der Waals surface area contributed by atoms with E-state index in [1.165, 1.54) is 17.2 Å². The largest absolute Gasteiger partial charge is 0.392 e. The van der Waals surface area contributed by atoms with Crippen molar-refractivity contribution in [2.75, 3.05) is 19.7 Å². The van der Waals surface area contributed by atoms with Gasteiger partial charge >= 0.3 is 0 Å². The van der Waals surface area contributed by atoms with Crippen LogP contribution in [0, 0.1) is 11.6 Å². The van der Waals surface area contributed by atoms with Crippen molar-refractivity contribution in [3.05, 3.63) is 88.8 Å². The summed E-state index contributed by atoms with van der Waals surface area (Å²) in [4.78, 5) is 20.8. The third-order valence-electron chi connectivity index (χ3n) is 6.66. The van der Waals surface area contributed by atoms with Gasteiger partial charge in [-0.05, 0) is 56.5 Å². The second-order valence-electron chi connectivity index (χ2n) is 10.2. The van der Waals surface area contributed by atoms with Gasteiger partial charge in [0, 0.05) is 61.1 Å². The zero-order valence-corrected chi connectivity index (χ0v) is 20.8. The van der Waals surface area contributed by atoms with Gasteiger partial charge in [0.2, 0.25) is 0 Å². The summed E-state index contributed by atoms with van der Waals surface area (Å²) < 4.78 is 33.6. The molecule has 8 nitrogen and oxygen atoms in total. The molecule has 0 radical (unpaired) electrons. The number of piperidine rings is 1. The van der Waals surface area contributed by atoms with E-state index in [9.17, 15) is 13.9 Å². The zero-order valence-electron chi connectivity index (χ0n) is 20.8. The smallest absolute Gasteiger partial charge is 0.182 e. The number of pyridine rings is 1. The molecule has 194 valence electrons. The van der Waals surface area contributed by atoms with E-state index in [-0.39, 0.29) is 29.3 Å². The molecule has 0 aliphatic carbocycles. The van der Waals surface area contributed by atoms with Crippen molar-refractivity contribution in [2.45, 2.75) is 51.0 Å². The van der Waals surface area contributed by atoms with Crippen LogP contribution in [0.25, 0.3) is 0 Å². The van der Waals surface area contributed by atoms with Gasteiger partial charge in [-0.15, -0.1) is 0 Å². The van der Waals surface area contributed by atoms with Crippen LogP contribution >= 0.6 is 0 Å². The molecule has 10 heteroatoms. The molecule has 2 aliphatic heterocycles. The number of hydrogen-bond acceptors (Lipinski definition) is 8. The number of hydrogen-bond donors (Lipinski definition) is 1. The van der Waals surface area contributed by atoms with Gasteiger partial charge in [0.1, 0.15) is 6.61 Å². The molecule has 0 amide bonds. The minimum atomic E-state index is -1.12. The predicted molar refractivity (Wildman–Crippen MR) is 131 cm³/mol. The zero-order chi connectivity index (χ0) is 26.0. The molecule has 3 aromatic rings. The summed E-state index contributed by atoms with van der Waals surface area (Å²) in [5, 5.41) is 13.9. The van der Waals surface area contributed by atoms with Crippen molar-refractivity contribution in [3.63, 3.8) is 0 Å². The molecular formula is C27H29F2N5O3. The number of fused-ring (bicyclic) bond motifs is 2. The van der Waals surface area contributed by atoms with Crippen LogP contribution in [-0.2, 0) is 28.3 Å². The first-order chi connectivity index (χ1) is 17.7. The molecule has 1 saturated heterocycles. The summed E-state index contributed by atoms with van der Waals surface area (Å²) in [6.45, 7) is 6.07. The number of likely N-dealkylation sites (tertiary alicyclic amines) is 1. The Morgan fingerprint density at radius 3 is 2.59 bits per heavy atom. The second kappa shape index (κ2) is 10.2. The summed E-state index contributed by atoms with van der Waals surface area (Å²) in [7, 11) is 0. The van der Waals surface area contributed by atoms with Gasteiger partial charge in [-0.3, -0.25) is 9.88 Å². The topological polar surface area (TPSA) is 93.0 Å². The van der Waals surface area contributed by atoms with Crippen LogP contribution in [0.4, 0.5) is 8.78 Å². The van der Waals surface area contributed by atoms with Crippen molar-refractivity contribution in [1.82, 2.24) is 19.9 Å². The van der Waals surface area contributed by atoms with E-state index >= 15 is 0 Å². The Morgan fingerprint density at radius 1 is 1.14 bits per heavy atom. The number of oxime groups is 1. The lowest BCUT2D eigenvalue weighted by Gasteiger charge is -2.39. The van der Waals surface area contributed by atoms with Gasteiger partial charge in [-0.2, -0.15) is 0 Å². The Hall–Kier alpha value is -3.34. The first-order valence-electron chi connectivity index (χ1n) is 12.2. The van der Waals surface area contributed by atoms with Crippen molar-refractivity contribution in [1.29, 1.82) is 0 Å². The third kappa shape index (κ3) is 5.66. The van der Waals surface area contributed by atoms with Gasteiger partial charge < -0.3 is 14.7 Å². The summed E-state index contributed by atoms with van der Waals surface area (Å²) in [5.74, 6) is -1.79. The fourth-order valence-corrected chi connectivity index (χ4v) is 4.68. The van der Waals surface area contributed by atoms with Gasteiger partial charge in [-0.1, -0.05) is 5.16 Å². The van der Waals surface area contributed by atoms with Gasteiger partial charge in [0.25, 0.3) is 0 Å². The molecule has 5 rings (SSSR count). The maximum atomic E-state index is 13.9. The van der Waals surface area contributed by atoms with Gasteiger partial charge in [0.05, 0.1) is 17.8 Å². The molecule has 4 heterocycles. The highest BCUT2D eigenvalue weighted by Gasteiger charge is 2.42. The van der Waals surface area contributed by atoms with E-state index in [2.05, 4.69) is 25.0 Å². The van der Waals surface area contributed by atoms with E-state index in [1.54, 1.807) is 26.2 Å². The van der Waals surface area contributed by atoms with E-state index in [0.29, 0.717) is 13.2 Å². The number of benzene rings is 1. The Labute approximate surface area is 214 Å². The van der Waals surface area contributed by atoms with Crippen LogP contribution in [-0.4, -0.2) is 56.0 Å². The number of halogens is 2. The van der Waals surface area contributed by atoms with Gasteiger partial charge in [0.15, 0.2) is 23.2 Å². The molecule has 0 bridgehead atoms. The van der Waals surface area contributed by atoms with Crippen molar-refractivity contribution >= 4 is 5.71 Å². The van der Waals surface area contributed by atoms with Crippen LogP contribution < -0.4 is 0 Å². The lowest BCUT2D eigenvalue weighted by molar-refractivity contribution is -0.0800. The standard InChI is InChI=1S/C27H29F2N5O3/c1-26(2,35)17-37-33-24(19-3-4-22(28)23(29)11-19)25-31-12-18(13-32-25)15-34-9-6-27(7-10-34)21-14-30-8-5-20(21)16-36-27/h3-5,8,11-14,35H,6-7,9-10,15-17H2,1-2H3/b33-24+. The summed E-state index contributed by atoms with van der Waals surface area (Å²) >= 11 is 0. The fourth-order valence-electron chi connectivity index (χ4n) is 4.68. The molecule has 0 saturated carbocycles. The monoisotopic (exact) mass is 509 g/mol. The Kier molecular flexibility index (Phi) is 6.98. The van der Waals surface area contributed by atoms with Crippen molar-refractivity contribution in [2.24, 2.45) is 5.16 Å². The molecular weight excluding hydrogens is 480 g/mol. The lowest BCUT2D eigenvalue weighted by atomic mass is 9.84. The highest BCUT2D eigenvalue weighted by molar-refractivity contribution is 6.10. The molecule has 1 fully saturated rings. The number of rotatable bonds is 7. The fraction of sp³-hybridized carbons (Fsp3) is 0.407. The molecule has 2 aromatic heterocycles. The van der Waals surface area contributed by atoms with Crippen LogP contribution in [0.5, 0.6) is 0 Å². The molecule has 37 heavy (non-hydrogen) atoms. The highest BCUT2D eigenvalue weighted by atomic mass is 19.2. The quantitative estimate of drug-likeness (QED) is 0.383. The minimum absolute atomic E-state index is 0.0983. The molecule has 1 spiro atoms. The normalized spacial score (nSPS) is 17.7. The molecule has 2 aliphatic rings. The predicted octanol–water partition coefficient (Wildman–Crippen LogP) is 3.71. The van der Waals surface area contributed by atoms with Gasteiger partial charge in [-0.25, -0.2) is 18.7 Å². The SMILES string of the molecule is CC(C)(O)CO/N=C(\c1ccc(F)c(F)c1)c1ncc(CN2CCC3(CC2)OCc2ccncc23)cn1. The maximum Gasteiger partial charge on any atom is 0.182 e. The lowest BCUT2D eigenvalue weighted by Crippen LogP contribution is -2.42. The molecule has 1 N–H and O–H groups in total. The number of ether oxygens (including phenoxy) is 1. The van der Waals surface area contributed by atoms with Crippen LogP contribution in [0.2, 0.25) is 0 Å². The van der Waals surface area contributed by atoms with E-state index in [1.807, 2.05) is 18.5 Å². The minimum Gasteiger partial charge on any atom is -0.392 e. The van der Waals surface area contributed by atoms with Crippen LogP contribution in [0.3, 0.4) is 0 Å². The summed E-state index contributed by atoms with van der Waals surface area (Å²) in [6.07, 6.45) is 8.91. The number of aromatic nitrogens is 3. The first-order valence-corrected chi connectivity index (χ1v) is 12.2. The number of aliphatic hydroxyl groups is 1. The number of nitrogens with zero attached hydrogens (tertiary/aromatic N) is 5. The third-order valence-corrected chi connectivity index (χ3v) is 6.66. The first kappa shape index (κ1) is 25.3. The summed E-state index contributed by atoms with van der Waals surface area (Å²) in [6, 6.07) is 5.44. The van der Waals surface area contributed by atoms with Crippen LogP contribution in [0.15, 0.2) is 54.2 Å². The van der Waals surface area contributed by atoms with Crippen LogP contribution in [0.1, 0.15) is 54.8 Å². The van der Waals surface area contributed by atoms with Crippen molar-refractivity contribution < 1.29 is 23.5 Å². The maximum absolute atomic E-state index is 13.9. The average molecular weight is 510 g/mol. The molecule has 0 unspecified atom stereocenters. The Balaban J connectivity index is 1.28. The van der Waals surface area contributed by atoms with E-state index in [4.69, 9.17) is 9.57 Å². The van der Waals surface area contributed by atoms with E-state index < -0.39 is 17.2 Å². The summed E-state index contributed by atoms with van der Waals surface area (Å²) in [5.41, 5.74) is 2.36. The Morgan fingerprint density at radius 2 is 1.89 bits per heavy atom. The molecule has 1 aromatic carbocycles. The molecule has 0 atom stereocenters. The highest BCUT2D eigenvalue weighted by Crippen LogP contribution is 2.43. The van der Waals surface area contributed by atoms with E-state index in [0.717, 1.165) is 43.6 Å². The Bertz CT molecular complexity index is 1290. The van der Waals surface area contributed by atoms with Crippen molar-refractivity contribution in [3.8, 4) is 0 Å². The second-order valence-corrected chi connectivity index (χ2v) is 10.2. The average Bonchev–Trinajstić information content (AvgIpc) is 3.23.